The second-order valence-electron chi connectivity index (χ2n) is 9.26. The lowest BCUT2D eigenvalue weighted by molar-refractivity contribution is -0.122. The van der Waals surface area contributed by atoms with Gasteiger partial charge in [-0.2, -0.15) is 0 Å². The van der Waals surface area contributed by atoms with Gasteiger partial charge < -0.3 is 5.32 Å². The first-order chi connectivity index (χ1) is 19.2. The summed E-state index contributed by atoms with van der Waals surface area (Å²) in [6.07, 6.45) is 0. The summed E-state index contributed by atoms with van der Waals surface area (Å²) >= 11 is 9.02. The normalized spacial score (nSPS) is 19.9. The number of imide groups is 1. The van der Waals surface area contributed by atoms with Gasteiger partial charge in [0.05, 0.1) is 16.6 Å². The number of rotatable bonds is 5. The van der Waals surface area contributed by atoms with Gasteiger partial charge in [-0.3, -0.25) is 23.7 Å². The molecule has 0 radical (unpaired) electrons. The van der Waals surface area contributed by atoms with E-state index >= 15 is 0 Å². The van der Waals surface area contributed by atoms with E-state index in [0.29, 0.717) is 21.3 Å². The van der Waals surface area contributed by atoms with Crippen LogP contribution in [0.5, 0.6) is 0 Å². The van der Waals surface area contributed by atoms with Crippen LogP contribution < -0.4 is 15.1 Å². The molecule has 6 rings (SSSR count). The lowest BCUT2D eigenvalue weighted by atomic mass is 9.83. The topological polar surface area (TPSA) is 88.5 Å². The summed E-state index contributed by atoms with van der Waals surface area (Å²) < 4.78 is 16.2. The number of fused-ring (bicyclic) bond motifs is 2. The summed E-state index contributed by atoms with van der Waals surface area (Å²) in [6, 6.07) is 19.8. The molecular weight excluding hydrogens is 685 g/mol. The Morgan fingerprint density at radius 2 is 1.65 bits per heavy atom. The minimum atomic E-state index is -0.784. The molecule has 2 aliphatic heterocycles. The Balaban J connectivity index is 1.41. The van der Waals surface area contributed by atoms with Crippen LogP contribution in [0.25, 0.3) is 0 Å². The maximum atomic E-state index is 13.9. The summed E-state index contributed by atoms with van der Waals surface area (Å²) in [7, 11) is 0. The van der Waals surface area contributed by atoms with Crippen LogP contribution in [0.2, 0.25) is 0 Å². The quantitative estimate of drug-likeness (QED) is 0.258. The average Bonchev–Trinajstić information content (AvgIpc) is 3.36. The molecule has 7 nitrogen and oxygen atoms in total. The van der Waals surface area contributed by atoms with E-state index in [1.165, 1.54) is 33.7 Å². The van der Waals surface area contributed by atoms with Crippen LogP contribution in [-0.2, 0) is 20.9 Å². The first-order valence-electron chi connectivity index (χ1n) is 12.1. The standard InChI is InChI=1S/C28H18Br2FN3O4S2/c29-15-4-10-19(11-5-15)34-25(36)22-21(14-2-1-3-16(30)12-14)24-27(39-23(22)26(34)37)33(28(38)40-24)13-20(35)32-18-8-6-17(31)7-9-18/h1-12,21-23H,13H2,(H,32,35)/t21-,22?,23?/m1/s1. The van der Waals surface area contributed by atoms with Crippen LogP contribution in [0.15, 0.2) is 91.6 Å². The Bertz CT molecular complexity index is 1720. The fourth-order valence-corrected chi connectivity index (χ4v) is 8.49. The van der Waals surface area contributed by atoms with Crippen molar-refractivity contribution in [3.8, 4) is 0 Å². The highest BCUT2D eigenvalue weighted by molar-refractivity contribution is 9.10. The van der Waals surface area contributed by atoms with Crippen molar-refractivity contribution in [3.63, 3.8) is 0 Å². The van der Waals surface area contributed by atoms with Crippen molar-refractivity contribution in [2.45, 2.75) is 22.7 Å². The Morgan fingerprint density at radius 3 is 2.35 bits per heavy atom. The van der Waals surface area contributed by atoms with Gasteiger partial charge in [-0.05, 0) is 66.2 Å². The molecule has 0 saturated carbocycles. The number of amides is 3. The maximum Gasteiger partial charge on any atom is 0.308 e. The van der Waals surface area contributed by atoms with E-state index in [4.69, 9.17) is 0 Å². The van der Waals surface area contributed by atoms with Gasteiger partial charge in [0.15, 0.2) is 0 Å². The molecule has 1 aromatic heterocycles. The van der Waals surface area contributed by atoms with Gasteiger partial charge in [-0.25, -0.2) is 9.29 Å². The number of halogens is 3. The number of nitrogens with one attached hydrogen (secondary N) is 1. The second-order valence-corrected chi connectivity index (χ2v) is 13.2. The monoisotopic (exact) mass is 701 g/mol. The number of benzene rings is 3. The zero-order valence-electron chi connectivity index (χ0n) is 20.3. The van der Waals surface area contributed by atoms with Crippen LogP contribution in [0.1, 0.15) is 16.4 Å². The van der Waals surface area contributed by atoms with Crippen LogP contribution in [0.3, 0.4) is 0 Å². The molecule has 202 valence electrons. The van der Waals surface area contributed by atoms with Gasteiger partial charge in [0.1, 0.15) is 17.6 Å². The van der Waals surface area contributed by atoms with Crippen LogP contribution >= 0.6 is 55.0 Å². The van der Waals surface area contributed by atoms with E-state index < -0.39 is 28.8 Å². The summed E-state index contributed by atoms with van der Waals surface area (Å²) in [6.45, 7) is -0.295. The van der Waals surface area contributed by atoms with E-state index in [0.717, 1.165) is 37.6 Å². The average molecular weight is 703 g/mol. The van der Waals surface area contributed by atoms with E-state index in [-0.39, 0.29) is 23.2 Å². The number of thiazole rings is 1. The minimum absolute atomic E-state index is 0.295. The van der Waals surface area contributed by atoms with Crippen molar-refractivity contribution in [1.29, 1.82) is 0 Å². The van der Waals surface area contributed by atoms with Gasteiger partial charge in [0.25, 0.3) is 0 Å². The third-order valence-corrected chi connectivity index (χ3v) is 10.4. The van der Waals surface area contributed by atoms with E-state index in [2.05, 4.69) is 37.2 Å². The predicted molar refractivity (Wildman–Crippen MR) is 159 cm³/mol. The molecule has 3 aromatic carbocycles. The molecule has 1 saturated heterocycles. The number of carbonyl (C=O) groups is 3. The van der Waals surface area contributed by atoms with Crippen molar-refractivity contribution >= 4 is 84.1 Å². The van der Waals surface area contributed by atoms with Gasteiger partial charge in [-0.15, -0.1) is 0 Å². The van der Waals surface area contributed by atoms with Crippen LogP contribution in [0, 0.1) is 11.7 Å². The van der Waals surface area contributed by atoms with Crippen LogP contribution in [0.4, 0.5) is 15.8 Å². The van der Waals surface area contributed by atoms with E-state index in [1.54, 1.807) is 24.3 Å². The van der Waals surface area contributed by atoms with Gasteiger partial charge in [0.2, 0.25) is 17.7 Å². The summed E-state index contributed by atoms with van der Waals surface area (Å²) in [5.74, 6) is -2.90. The first-order valence-corrected chi connectivity index (χ1v) is 15.3. The number of anilines is 2. The Morgan fingerprint density at radius 1 is 0.925 bits per heavy atom. The molecule has 0 aliphatic carbocycles. The molecular formula is C28H18Br2FN3O4S2. The van der Waals surface area contributed by atoms with Gasteiger partial charge in [0, 0.05) is 25.4 Å². The molecule has 1 N–H and O–H groups in total. The second kappa shape index (κ2) is 10.7. The zero-order chi connectivity index (χ0) is 28.1. The van der Waals surface area contributed by atoms with Crippen molar-refractivity contribution in [3.05, 3.63) is 108 Å². The molecule has 3 amide bonds. The first kappa shape index (κ1) is 27.1. The smallest absolute Gasteiger partial charge is 0.308 e. The van der Waals surface area contributed by atoms with Gasteiger partial charge >= 0.3 is 4.87 Å². The van der Waals surface area contributed by atoms with E-state index in [1.807, 2.05) is 24.3 Å². The molecule has 2 unspecified atom stereocenters. The minimum Gasteiger partial charge on any atom is -0.325 e. The van der Waals surface area contributed by atoms with Gasteiger partial charge in [-0.1, -0.05) is 67.1 Å². The number of thioether (sulfide) groups is 1. The predicted octanol–water partition coefficient (Wildman–Crippen LogP) is 6.01. The molecule has 4 aromatic rings. The fourth-order valence-electron chi connectivity index (χ4n) is 5.04. The van der Waals surface area contributed by atoms with E-state index in [9.17, 15) is 23.6 Å². The third kappa shape index (κ3) is 4.87. The van der Waals surface area contributed by atoms with Crippen molar-refractivity contribution in [2.75, 3.05) is 10.2 Å². The van der Waals surface area contributed by atoms with Crippen molar-refractivity contribution < 1.29 is 18.8 Å². The highest BCUT2D eigenvalue weighted by Crippen LogP contribution is 2.54. The molecule has 3 heterocycles. The number of hydrogen-bond acceptors (Lipinski definition) is 6. The highest BCUT2D eigenvalue weighted by atomic mass is 79.9. The molecule has 1 fully saturated rings. The summed E-state index contributed by atoms with van der Waals surface area (Å²) in [4.78, 5) is 55.3. The molecule has 12 heteroatoms. The number of carbonyl (C=O) groups excluding carboxylic acids is 3. The molecule has 2 aliphatic rings. The molecule has 0 bridgehead atoms. The molecule has 40 heavy (non-hydrogen) atoms. The van der Waals surface area contributed by atoms with Crippen molar-refractivity contribution in [2.24, 2.45) is 5.92 Å². The lowest BCUT2D eigenvalue weighted by Gasteiger charge is -2.30. The lowest BCUT2D eigenvalue weighted by Crippen LogP contribution is -2.33. The molecule has 0 spiro atoms. The molecule has 3 atom stereocenters. The third-order valence-electron chi connectivity index (χ3n) is 6.77. The fraction of sp³-hybridized carbons (Fsp3) is 0.143. The number of nitrogens with zero attached hydrogens (tertiary/aromatic N) is 2. The van der Waals surface area contributed by atoms with Crippen LogP contribution in [-0.4, -0.2) is 27.5 Å². The number of hydrogen-bond donors (Lipinski definition) is 1. The summed E-state index contributed by atoms with van der Waals surface area (Å²) in [5, 5.41) is 2.39. The number of aromatic nitrogens is 1. The largest absolute Gasteiger partial charge is 0.325 e. The SMILES string of the molecule is O=C(Cn1c2c(sc1=O)[C@H](c1cccc(Br)c1)C1C(=O)N(c3ccc(Br)cc3)C(=O)C1S2)Nc1ccc(F)cc1. The zero-order valence-corrected chi connectivity index (χ0v) is 25.2. The van der Waals surface area contributed by atoms with Crippen molar-refractivity contribution in [1.82, 2.24) is 4.57 Å². The maximum absolute atomic E-state index is 13.9. The summed E-state index contributed by atoms with van der Waals surface area (Å²) in [5.41, 5.74) is 1.65. The Hall–Kier alpha value is -3.06. The highest BCUT2D eigenvalue weighted by Gasteiger charge is 2.56. The Labute approximate surface area is 252 Å². The Kier molecular flexibility index (Phi) is 7.28.